The number of sulfonamides is 1. The van der Waals surface area contributed by atoms with Gasteiger partial charge in [0.1, 0.15) is 0 Å². The Morgan fingerprint density at radius 1 is 1.35 bits per heavy atom. The first kappa shape index (κ1) is 15.0. The van der Waals surface area contributed by atoms with Gasteiger partial charge in [-0.25, -0.2) is 18.1 Å². The van der Waals surface area contributed by atoms with Crippen molar-refractivity contribution >= 4 is 32.7 Å². The van der Waals surface area contributed by atoms with Gasteiger partial charge in [-0.15, -0.1) is 0 Å². The molecule has 2 aromatic rings. The number of para-hydroxylation sites is 1. The van der Waals surface area contributed by atoms with Crippen molar-refractivity contribution in [1.29, 1.82) is 0 Å². The van der Waals surface area contributed by atoms with Gasteiger partial charge in [0.25, 0.3) is 5.56 Å². The van der Waals surface area contributed by atoms with Gasteiger partial charge in [-0.3, -0.25) is 9.36 Å². The first-order chi connectivity index (χ1) is 9.38. The van der Waals surface area contributed by atoms with Gasteiger partial charge >= 0.3 is 0 Å². The third-order valence-electron chi connectivity index (χ3n) is 2.64. The van der Waals surface area contributed by atoms with E-state index in [9.17, 15) is 13.2 Å². The van der Waals surface area contributed by atoms with Crippen LogP contribution < -0.4 is 10.3 Å². The second-order valence-electron chi connectivity index (χ2n) is 4.29. The molecule has 0 unspecified atom stereocenters. The monoisotopic (exact) mass is 313 g/mol. The van der Waals surface area contributed by atoms with Crippen LogP contribution >= 0.6 is 11.8 Å². The molecule has 0 amide bonds. The first-order valence-corrected chi connectivity index (χ1v) is 8.79. The molecule has 8 heteroatoms. The van der Waals surface area contributed by atoms with Gasteiger partial charge in [0, 0.05) is 19.3 Å². The fraction of sp³-hybridized carbons (Fsp3) is 0.333. The highest BCUT2D eigenvalue weighted by Crippen LogP contribution is 2.16. The summed E-state index contributed by atoms with van der Waals surface area (Å²) in [6.45, 7) is 0.298. The average Bonchev–Trinajstić information content (AvgIpc) is 2.39. The lowest BCUT2D eigenvalue weighted by Gasteiger charge is -2.08. The molecular formula is C12H15N3O3S2. The lowest BCUT2D eigenvalue weighted by Crippen LogP contribution is -2.25. The number of benzene rings is 1. The van der Waals surface area contributed by atoms with Gasteiger partial charge in [0.15, 0.2) is 5.16 Å². The van der Waals surface area contributed by atoms with Gasteiger partial charge in [-0.05, 0) is 12.1 Å². The molecule has 0 saturated carbocycles. The quantitative estimate of drug-likeness (QED) is 0.496. The SMILES string of the molecule is Cn1c(SCCNS(C)(=O)=O)nc2ccccc2c1=O. The Morgan fingerprint density at radius 3 is 2.75 bits per heavy atom. The molecule has 2 rings (SSSR count). The Morgan fingerprint density at radius 2 is 2.05 bits per heavy atom. The van der Waals surface area contributed by atoms with E-state index in [0.29, 0.717) is 28.4 Å². The molecule has 20 heavy (non-hydrogen) atoms. The lowest BCUT2D eigenvalue weighted by atomic mass is 10.2. The summed E-state index contributed by atoms with van der Waals surface area (Å²) in [5.41, 5.74) is 0.545. The molecule has 108 valence electrons. The molecule has 6 nitrogen and oxygen atoms in total. The second kappa shape index (κ2) is 5.94. The van der Waals surface area contributed by atoms with Crippen LogP contribution in [-0.4, -0.2) is 36.5 Å². The molecule has 0 spiro atoms. The summed E-state index contributed by atoms with van der Waals surface area (Å²) in [5.74, 6) is 0.506. The van der Waals surface area contributed by atoms with Crippen LogP contribution in [0.1, 0.15) is 0 Å². The number of nitrogens with one attached hydrogen (secondary N) is 1. The van der Waals surface area contributed by atoms with Crippen molar-refractivity contribution in [2.24, 2.45) is 7.05 Å². The minimum atomic E-state index is -3.18. The minimum absolute atomic E-state index is 0.103. The molecule has 0 aliphatic heterocycles. The smallest absolute Gasteiger partial charge is 0.261 e. The van der Waals surface area contributed by atoms with E-state index in [0.717, 1.165) is 6.26 Å². The van der Waals surface area contributed by atoms with E-state index in [1.54, 1.807) is 25.2 Å². The fourth-order valence-corrected chi connectivity index (χ4v) is 3.12. The van der Waals surface area contributed by atoms with E-state index in [2.05, 4.69) is 9.71 Å². The van der Waals surface area contributed by atoms with E-state index >= 15 is 0 Å². The largest absolute Gasteiger partial charge is 0.290 e. The van der Waals surface area contributed by atoms with Crippen LogP contribution in [0.3, 0.4) is 0 Å². The Bertz CT molecular complexity index is 784. The van der Waals surface area contributed by atoms with Gasteiger partial charge in [0.05, 0.1) is 17.2 Å². The molecule has 0 atom stereocenters. The molecule has 1 aromatic heterocycles. The zero-order valence-electron chi connectivity index (χ0n) is 11.2. The van der Waals surface area contributed by atoms with Gasteiger partial charge in [-0.2, -0.15) is 0 Å². The molecule has 0 aliphatic carbocycles. The molecule has 0 aliphatic rings. The van der Waals surface area contributed by atoms with Gasteiger partial charge in [0.2, 0.25) is 10.0 Å². The third-order valence-corrected chi connectivity index (χ3v) is 4.40. The molecule has 1 aromatic carbocycles. The van der Waals surface area contributed by atoms with Crippen molar-refractivity contribution in [3.05, 3.63) is 34.6 Å². The van der Waals surface area contributed by atoms with Crippen LogP contribution in [0.5, 0.6) is 0 Å². The maximum atomic E-state index is 12.1. The summed E-state index contributed by atoms with van der Waals surface area (Å²) < 4.78 is 25.8. The number of nitrogens with zero attached hydrogens (tertiary/aromatic N) is 2. The van der Waals surface area contributed by atoms with Crippen molar-refractivity contribution < 1.29 is 8.42 Å². The number of fused-ring (bicyclic) bond motifs is 1. The van der Waals surface area contributed by atoms with Crippen LogP contribution in [0.2, 0.25) is 0 Å². The third kappa shape index (κ3) is 3.59. The molecule has 0 fully saturated rings. The Labute approximate surface area is 121 Å². The van der Waals surface area contributed by atoms with Crippen molar-refractivity contribution in [2.75, 3.05) is 18.6 Å². The molecule has 0 saturated heterocycles. The predicted molar refractivity (Wildman–Crippen MR) is 80.6 cm³/mol. The predicted octanol–water partition coefficient (Wildman–Crippen LogP) is 0.575. The van der Waals surface area contributed by atoms with E-state index < -0.39 is 10.0 Å². The number of aromatic nitrogens is 2. The minimum Gasteiger partial charge on any atom is -0.290 e. The van der Waals surface area contributed by atoms with E-state index in [1.807, 2.05) is 6.07 Å². The Hall–Kier alpha value is -1.38. The average molecular weight is 313 g/mol. The standard InChI is InChI=1S/C12H15N3O3S2/c1-15-11(16)9-5-3-4-6-10(9)14-12(15)19-8-7-13-20(2,17)18/h3-6,13H,7-8H2,1-2H3. The topological polar surface area (TPSA) is 81.1 Å². The van der Waals surface area contributed by atoms with Crippen molar-refractivity contribution in [3.63, 3.8) is 0 Å². The van der Waals surface area contributed by atoms with E-state index in [-0.39, 0.29) is 5.56 Å². The highest BCUT2D eigenvalue weighted by Gasteiger charge is 2.08. The highest BCUT2D eigenvalue weighted by molar-refractivity contribution is 7.99. The summed E-state index contributed by atoms with van der Waals surface area (Å²) in [6.07, 6.45) is 1.11. The van der Waals surface area contributed by atoms with Gasteiger partial charge < -0.3 is 0 Å². The van der Waals surface area contributed by atoms with E-state index in [1.165, 1.54) is 16.3 Å². The van der Waals surface area contributed by atoms with Crippen molar-refractivity contribution in [2.45, 2.75) is 5.16 Å². The maximum Gasteiger partial charge on any atom is 0.261 e. The van der Waals surface area contributed by atoms with Crippen LogP contribution in [0.25, 0.3) is 10.9 Å². The summed E-state index contributed by atoms with van der Waals surface area (Å²) in [7, 11) is -1.52. The zero-order chi connectivity index (χ0) is 14.8. The fourth-order valence-electron chi connectivity index (χ4n) is 1.70. The number of thioether (sulfide) groups is 1. The molecule has 1 heterocycles. The second-order valence-corrected chi connectivity index (χ2v) is 7.19. The van der Waals surface area contributed by atoms with Crippen LogP contribution in [-0.2, 0) is 17.1 Å². The summed E-state index contributed by atoms with van der Waals surface area (Å²) in [4.78, 5) is 16.6. The van der Waals surface area contributed by atoms with E-state index in [4.69, 9.17) is 0 Å². The molecule has 0 bridgehead atoms. The molecule has 0 radical (unpaired) electrons. The number of hydrogen-bond acceptors (Lipinski definition) is 5. The maximum absolute atomic E-state index is 12.1. The Kier molecular flexibility index (Phi) is 4.46. The molecular weight excluding hydrogens is 298 g/mol. The van der Waals surface area contributed by atoms with Gasteiger partial charge in [-0.1, -0.05) is 23.9 Å². The summed E-state index contributed by atoms with van der Waals surface area (Å²) >= 11 is 1.34. The molecule has 1 N–H and O–H groups in total. The lowest BCUT2D eigenvalue weighted by molar-refractivity contribution is 0.590. The van der Waals surface area contributed by atoms with Crippen LogP contribution in [0.4, 0.5) is 0 Å². The normalized spacial score (nSPS) is 11.9. The van der Waals surface area contributed by atoms with Crippen molar-refractivity contribution in [3.8, 4) is 0 Å². The number of rotatable bonds is 5. The Balaban J connectivity index is 2.18. The summed E-state index contributed by atoms with van der Waals surface area (Å²) in [5, 5.41) is 1.15. The number of hydrogen-bond donors (Lipinski definition) is 1. The first-order valence-electron chi connectivity index (χ1n) is 5.92. The van der Waals surface area contributed by atoms with Crippen molar-refractivity contribution in [1.82, 2.24) is 14.3 Å². The summed E-state index contributed by atoms with van der Waals surface area (Å²) in [6, 6.07) is 7.16. The van der Waals surface area contributed by atoms with Crippen LogP contribution in [0.15, 0.2) is 34.2 Å². The zero-order valence-corrected chi connectivity index (χ0v) is 12.8. The highest BCUT2D eigenvalue weighted by atomic mass is 32.2. The van der Waals surface area contributed by atoms with Crippen LogP contribution in [0, 0.1) is 0 Å².